The van der Waals surface area contributed by atoms with Crippen molar-refractivity contribution >= 4 is 0 Å². The van der Waals surface area contributed by atoms with Crippen molar-refractivity contribution in [1.82, 2.24) is 4.98 Å². The van der Waals surface area contributed by atoms with Crippen LogP contribution in [0.5, 0.6) is 0 Å². The number of aromatic amines is 1. The van der Waals surface area contributed by atoms with Gasteiger partial charge in [-0.1, -0.05) is 6.92 Å². The van der Waals surface area contributed by atoms with Crippen LogP contribution in [0.15, 0.2) is 18.3 Å². The molecule has 3 atom stereocenters. The van der Waals surface area contributed by atoms with E-state index in [9.17, 15) is 4.39 Å². The maximum atomic E-state index is 12.9. The van der Waals surface area contributed by atoms with Gasteiger partial charge in [-0.15, -0.1) is 0 Å². The van der Waals surface area contributed by atoms with Crippen molar-refractivity contribution < 1.29 is 4.39 Å². The first kappa shape index (κ1) is 7.80. The second-order valence-corrected chi connectivity index (χ2v) is 3.78. The topological polar surface area (TPSA) is 41.8 Å². The van der Waals surface area contributed by atoms with Crippen LogP contribution in [0.4, 0.5) is 4.39 Å². The molecule has 0 bridgehead atoms. The molecule has 1 aliphatic rings. The van der Waals surface area contributed by atoms with Gasteiger partial charge in [0.05, 0.1) is 6.04 Å². The van der Waals surface area contributed by atoms with E-state index in [-0.39, 0.29) is 11.5 Å². The average molecular weight is 168 g/mol. The number of alkyl halides is 1. The van der Waals surface area contributed by atoms with Gasteiger partial charge < -0.3 is 10.7 Å². The van der Waals surface area contributed by atoms with Gasteiger partial charge in [0.15, 0.2) is 0 Å². The molecule has 3 N–H and O–H groups in total. The molecule has 12 heavy (non-hydrogen) atoms. The fourth-order valence-corrected chi connectivity index (χ4v) is 1.54. The number of nitrogens with two attached hydrogens (primary N) is 1. The summed E-state index contributed by atoms with van der Waals surface area (Å²) < 4.78 is 12.9. The van der Waals surface area contributed by atoms with Gasteiger partial charge >= 0.3 is 0 Å². The molecule has 0 aromatic carbocycles. The normalized spacial score (nSPS) is 36.4. The quantitative estimate of drug-likeness (QED) is 0.694. The summed E-state index contributed by atoms with van der Waals surface area (Å²) in [5.41, 5.74) is 6.50. The molecule has 66 valence electrons. The van der Waals surface area contributed by atoms with E-state index < -0.39 is 6.17 Å². The summed E-state index contributed by atoms with van der Waals surface area (Å²) in [6, 6.07) is 3.59. The smallest absolute Gasteiger partial charge is 0.108 e. The highest BCUT2D eigenvalue weighted by Crippen LogP contribution is 2.55. The third-order valence-corrected chi connectivity index (χ3v) is 2.84. The Morgan fingerprint density at radius 3 is 2.92 bits per heavy atom. The Morgan fingerprint density at radius 2 is 2.50 bits per heavy atom. The average Bonchev–Trinajstić information content (AvgIpc) is 2.59. The zero-order chi connectivity index (χ0) is 8.77. The summed E-state index contributed by atoms with van der Waals surface area (Å²) >= 11 is 0. The lowest BCUT2D eigenvalue weighted by molar-refractivity contribution is 0.329. The Morgan fingerprint density at radius 1 is 1.83 bits per heavy atom. The van der Waals surface area contributed by atoms with Crippen LogP contribution < -0.4 is 5.73 Å². The van der Waals surface area contributed by atoms with Gasteiger partial charge in [-0.25, -0.2) is 4.39 Å². The molecule has 1 aliphatic carbocycles. The number of rotatable bonds is 2. The van der Waals surface area contributed by atoms with E-state index in [0.29, 0.717) is 6.42 Å². The summed E-state index contributed by atoms with van der Waals surface area (Å²) in [5, 5.41) is 0. The van der Waals surface area contributed by atoms with Crippen LogP contribution in [0, 0.1) is 5.41 Å². The van der Waals surface area contributed by atoms with Crippen molar-refractivity contribution in [2.24, 2.45) is 11.1 Å². The molecule has 0 aliphatic heterocycles. The Hall–Kier alpha value is -0.830. The lowest BCUT2D eigenvalue weighted by Crippen LogP contribution is -2.22. The zero-order valence-corrected chi connectivity index (χ0v) is 7.05. The number of nitrogens with one attached hydrogen (secondary N) is 1. The molecule has 1 aromatic rings. The molecule has 0 saturated heterocycles. The summed E-state index contributed by atoms with van der Waals surface area (Å²) in [4.78, 5) is 3.01. The van der Waals surface area contributed by atoms with Crippen LogP contribution in [0.2, 0.25) is 0 Å². The van der Waals surface area contributed by atoms with Crippen LogP contribution in [0.3, 0.4) is 0 Å². The van der Waals surface area contributed by atoms with Gasteiger partial charge in [0, 0.05) is 17.3 Å². The van der Waals surface area contributed by atoms with Gasteiger partial charge in [0.25, 0.3) is 0 Å². The van der Waals surface area contributed by atoms with Crippen molar-refractivity contribution in [2.75, 3.05) is 0 Å². The van der Waals surface area contributed by atoms with Crippen molar-refractivity contribution in [3.63, 3.8) is 0 Å². The predicted molar refractivity (Wildman–Crippen MR) is 45.3 cm³/mol. The van der Waals surface area contributed by atoms with Crippen molar-refractivity contribution in [1.29, 1.82) is 0 Å². The fraction of sp³-hybridized carbons (Fsp3) is 0.556. The zero-order valence-electron chi connectivity index (χ0n) is 7.05. The van der Waals surface area contributed by atoms with Crippen LogP contribution in [-0.4, -0.2) is 11.2 Å². The van der Waals surface area contributed by atoms with Gasteiger partial charge in [-0.2, -0.15) is 0 Å². The molecule has 2 rings (SSSR count). The molecule has 0 radical (unpaired) electrons. The third-order valence-electron chi connectivity index (χ3n) is 2.84. The van der Waals surface area contributed by atoms with Crippen LogP contribution in [-0.2, 0) is 0 Å². The van der Waals surface area contributed by atoms with Crippen molar-refractivity contribution in [3.05, 3.63) is 24.0 Å². The lowest BCUT2D eigenvalue weighted by Gasteiger charge is -2.16. The van der Waals surface area contributed by atoms with Crippen molar-refractivity contribution in [3.8, 4) is 0 Å². The highest BCUT2D eigenvalue weighted by molar-refractivity contribution is 5.18. The second-order valence-electron chi connectivity index (χ2n) is 3.78. The number of H-pyrrole nitrogens is 1. The largest absolute Gasteiger partial charge is 0.364 e. The minimum atomic E-state index is -0.726. The number of aromatic nitrogens is 1. The second kappa shape index (κ2) is 2.33. The SMILES string of the molecule is CC1(C(N)c2ccc[nH]2)CC1F. The lowest BCUT2D eigenvalue weighted by atomic mass is 9.97. The maximum Gasteiger partial charge on any atom is 0.108 e. The molecule has 3 heteroatoms. The first-order chi connectivity index (χ1) is 5.64. The van der Waals surface area contributed by atoms with Crippen LogP contribution in [0.1, 0.15) is 25.1 Å². The van der Waals surface area contributed by atoms with E-state index in [2.05, 4.69) is 4.98 Å². The minimum Gasteiger partial charge on any atom is -0.364 e. The molecule has 1 aromatic heterocycles. The Labute approximate surface area is 71.0 Å². The molecular formula is C9H13FN2. The number of hydrogen-bond donors (Lipinski definition) is 2. The van der Waals surface area contributed by atoms with Crippen molar-refractivity contribution in [2.45, 2.75) is 25.6 Å². The predicted octanol–water partition coefficient (Wildman–Crippen LogP) is 1.76. The third kappa shape index (κ3) is 0.966. The van der Waals surface area contributed by atoms with E-state index >= 15 is 0 Å². The Bertz CT molecular complexity index is 270. The summed E-state index contributed by atoms with van der Waals surface area (Å²) in [7, 11) is 0. The molecule has 0 amide bonds. The summed E-state index contributed by atoms with van der Waals surface area (Å²) in [6.07, 6.45) is 1.68. The fourth-order valence-electron chi connectivity index (χ4n) is 1.54. The van der Waals surface area contributed by atoms with Gasteiger partial charge in [-0.05, 0) is 18.6 Å². The molecule has 1 saturated carbocycles. The van der Waals surface area contributed by atoms with Crippen LogP contribution in [0.25, 0.3) is 0 Å². The Kier molecular flexibility index (Phi) is 1.51. The first-order valence-electron chi connectivity index (χ1n) is 4.17. The number of halogens is 1. The van der Waals surface area contributed by atoms with E-state index in [1.165, 1.54) is 0 Å². The summed E-state index contributed by atoms with van der Waals surface area (Å²) in [5.74, 6) is 0. The minimum absolute atomic E-state index is 0.192. The molecule has 1 heterocycles. The standard InChI is InChI=1S/C9H13FN2/c1-9(5-7(9)10)8(11)6-3-2-4-12-6/h2-4,7-8,12H,5,11H2,1H3. The maximum absolute atomic E-state index is 12.9. The molecule has 1 fully saturated rings. The monoisotopic (exact) mass is 168 g/mol. The molecule has 2 nitrogen and oxygen atoms in total. The van der Waals surface area contributed by atoms with Gasteiger partial charge in [-0.3, -0.25) is 0 Å². The van der Waals surface area contributed by atoms with Crippen LogP contribution >= 0.6 is 0 Å². The highest BCUT2D eigenvalue weighted by atomic mass is 19.1. The Balaban J connectivity index is 2.17. The van der Waals surface area contributed by atoms with Gasteiger partial charge in [0.2, 0.25) is 0 Å². The van der Waals surface area contributed by atoms with Gasteiger partial charge in [0.1, 0.15) is 6.17 Å². The number of hydrogen-bond acceptors (Lipinski definition) is 1. The van der Waals surface area contributed by atoms with E-state index in [1.54, 1.807) is 0 Å². The summed E-state index contributed by atoms with van der Waals surface area (Å²) in [6.45, 7) is 1.89. The molecule has 0 spiro atoms. The first-order valence-corrected chi connectivity index (χ1v) is 4.17. The van der Waals surface area contributed by atoms with E-state index in [1.807, 2.05) is 25.3 Å². The van der Waals surface area contributed by atoms with E-state index in [0.717, 1.165) is 5.69 Å². The molecular weight excluding hydrogens is 155 g/mol. The van der Waals surface area contributed by atoms with E-state index in [4.69, 9.17) is 5.73 Å². The molecule has 3 unspecified atom stereocenters. The highest BCUT2D eigenvalue weighted by Gasteiger charge is 2.55.